The van der Waals surface area contributed by atoms with Gasteiger partial charge in [-0.05, 0) is 66.4 Å². The van der Waals surface area contributed by atoms with Crippen LogP contribution in [0, 0.1) is 11.6 Å². The van der Waals surface area contributed by atoms with Crippen molar-refractivity contribution in [3.05, 3.63) is 83.5 Å². The van der Waals surface area contributed by atoms with Gasteiger partial charge in [-0.25, -0.2) is 18.4 Å². The largest absolute Gasteiger partial charge is 0.491 e. The highest BCUT2D eigenvalue weighted by molar-refractivity contribution is 6.76. The third kappa shape index (κ3) is 12.6. The van der Waals surface area contributed by atoms with E-state index in [0.29, 0.717) is 11.6 Å². The van der Waals surface area contributed by atoms with Crippen molar-refractivity contribution in [1.29, 1.82) is 0 Å². The van der Waals surface area contributed by atoms with E-state index in [9.17, 15) is 84.2 Å². The number of rotatable bonds is 25. The third-order valence-corrected chi connectivity index (χ3v) is 16.4. The summed E-state index contributed by atoms with van der Waals surface area (Å²) in [6.07, 6.45) is -10.4. The van der Waals surface area contributed by atoms with Gasteiger partial charge in [-0.15, -0.1) is 0 Å². The summed E-state index contributed by atoms with van der Waals surface area (Å²) >= 11 is 0. The number of methoxy groups -OCH3 is 1. The smallest absolute Gasteiger partial charge is 0.460 e. The fourth-order valence-electron chi connectivity index (χ4n) is 6.76. The Labute approximate surface area is 388 Å². The van der Waals surface area contributed by atoms with Gasteiger partial charge in [0.05, 0.1) is 18.9 Å². The van der Waals surface area contributed by atoms with Crippen LogP contribution in [0.25, 0.3) is 0 Å². The van der Waals surface area contributed by atoms with Crippen LogP contribution in [-0.4, -0.2) is 101 Å². The predicted molar refractivity (Wildman–Crippen MR) is 213 cm³/mol. The molecule has 0 aromatic heterocycles. The number of carbonyl (C=O) groups is 2. The number of halogens is 19. The molecule has 0 aliphatic heterocycles. The zero-order valence-corrected chi connectivity index (χ0v) is 38.7. The molecule has 0 spiro atoms. The van der Waals surface area contributed by atoms with Crippen molar-refractivity contribution in [3.8, 4) is 5.75 Å². The van der Waals surface area contributed by atoms with Crippen LogP contribution in [-0.2, 0) is 23.4 Å². The van der Waals surface area contributed by atoms with E-state index in [0.717, 1.165) is 18.2 Å². The zero-order chi connectivity index (χ0) is 54.3. The summed E-state index contributed by atoms with van der Waals surface area (Å²) in [6.45, 7) is 7.20. The Balaban J connectivity index is 2.38. The number of nitrogens with one attached hydrogen (secondary N) is 1. The molecule has 398 valence electrons. The first-order chi connectivity index (χ1) is 31.8. The van der Waals surface area contributed by atoms with Gasteiger partial charge in [0.25, 0.3) is 0 Å². The number of allylic oxidation sites excluding steroid dienone is 2. The second-order valence-corrected chi connectivity index (χ2v) is 20.9. The minimum absolute atomic E-state index is 0.00797. The molecule has 2 atom stereocenters. The van der Waals surface area contributed by atoms with Crippen molar-refractivity contribution in [1.82, 2.24) is 0 Å². The molecular weight excluding hydrogens is 1020 g/mol. The summed E-state index contributed by atoms with van der Waals surface area (Å²) in [5.41, 5.74) is -1.82. The van der Waals surface area contributed by atoms with Crippen LogP contribution in [0.15, 0.2) is 66.3 Å². The van der Waals surface area contributed by atoms with Gasteiger partial charge in [0.15, 0.2) is 14.4 Å². The van der Waals surface area contributed by atoms with Crippen molar-refractivity contribution in [2.75, 3.05) is 32.2 Å². The maximum Gasteiger partial charge on any atom is 0.460 e. The van der Waals surface area contributed by atoms with E-state index >= 15 is 8.78 Å². The molecule has 0 saturated heterocycles. The summed E-state index contributed by atoms with van der Waals surface area (Å²) in [5, 5.41) is 2.12. The van der Waals surface area contributed by atoms with Gasteiger partial charge in [0, 0.05) is 25.7 Å². The van der Waals surface area contributed by atoms with Crippen molar-refractivity contribution >= 4 is 26.1 Å². The second-order valence-electron chi connectivity index (χ2n) is 15.9. The number of amides is 1. The molecule has 2 aromatic rings. The number of carbonyl (C=O) groups excluding carboxylic acids is 2. The molecule has 0 unspecified atom stereocenters. The molecule has 0 aliphatic carbocycles. The zero-order valence-electron chi connectivity index (χ0n) is 37.7. The summed E-state index contributed by atoms with van der Waals surface area (Å²) in [7, 11) is -2.86. The molecule has 0 fully saturated rings. The average Bonchev–Trinajstić information content (AvgIpc) is 3.23. The lowest BCUT2D eigenvalue weighted by molar-refractivity contribution is -0.461. The Morgan fingerprint density at radius 3 is 1.70 bits per heavy atom. The highest BCUT2D eigenvalue weighted by Crippen LogP contribution is 2.64. The number of esters is 1. The van der Waals surface area contributed by atoms with Crippen molar-refractivity contribution in [2.24, 2.45) is 0 Å². The first-order valence-corrected chi connectivity index (χ1v) is 22.6. The maximum atomic E-state index is 15.0. The monoisotopic (exact) mass is 1070 g/mol. The Bertz CT molecular complexity index is 2120. The fraction of sp³-hybridized carbons (Fsp3) is 0.571. The van der Waals surface area contributed by atoms with Crippen LogP contribution in [0.1, 0.15) is 59.6 Å². The number of hydrogen-bond donors (Lipinski definition) is 1. The molecular formula is C42H46F19NO7Si. The van der Waals surface area contributed by atoms with Crippen molar-refractivity contribution in [2.45, 2.75) is 125 Å². The number of anilines is 1. The number of alkyl halides is 17. The Hall–Kier alpha value is -4.73. The normalized spacial score (nSPS) is 15.1. The van der Waals surface area contributed by atoms with E-state index in [1.807, 2.05) is 0 Å². The van der Waals surface area contributed by atoms with Gasteiger partial charge in [-0.3, -0.25) is 5.32 Å². The molecule has 2 aromatic carbocycles. The van der Waals surface area contributed by atoms with Gasteiger partial charge in [0.1, 0.15) is 30.1 Å². The van der Waals surface area contributed by atoms with Gasteiger partial charge < -0.3 is 23.4 Å². The Morgan fingerprint density at radius 1 is 0.714 bits per heavy atom. The molecule has 1 N–H and O–H groups in total. The van der Waals surface area contributed by atoms with Gasteiger partial charge in [-0.1, -0.05) is 52.0 Å². The highest BCUT2D eigenvalue weighted by Gasteiger charge is 2.95. The van der Waals surface area contributed by atoms with Crippen LogP contribution in [0.3, 0.4) is 0 Å². The minimum Gasteiger partial charge on any atom is -0.491 e. The summed E-state index contributed by atoms with van der Waals surface area (Å²) < 4.78 is 292. The highest BCUT2D eigenvalue weighted by atomic mass is 28.4. The topological polar surface area (TPSA) is 92.3 Å². The number of hydrogen-bond acceptors (Lipinski definition) is 7. The molecule has 70 heavy (non-hydrogen) atoms. The van der Waals surface area contributed by atoms with E-state index in [1.165, 1.54) is 78.1 Å². The minimum atomic E-state index is -8.73. The third-order valence-electron chi connectivity index (χ3n) is 10.8. The predicted octanol–water partition coefficient (Wildman–Crippen LogP) is 13.9. The lowest BCUT2D eigenvalue weighted by Crippen LogP contribution is -2.74. The van der Waals surface area contributed by atoms with Crippen molar-refractivity contribution < 1.29 is 116 Å². The lowest BCUT2D eigenvalue weighted by Gasteiger charge is -2.44. The number of benzene rings is 2. The van der Waals surface area contributed by atoms with Crippen LogP contribution >= 0.6 is 0 Å². The van der Waals surface area contributed by atoms with E-state index in [-0.39, 0.29) is 17.9 Å². The molecule has 0 heterocycles. The Kier molecular flexibility index (Phi) is 20.0. The fourth-order valence-corrected chi connectivity index (χ4v) is 11.2. The molecule has 8 nitrogen and oxygen atoms in total. The molecule has 1 amide bonds. The van der Waals surface area contributed by atoms with Gasteiger partial charge >= 0.3 is 59.7 Å². The SMILES string of the molecule is CCOC(=O)/C=C/C=C(\C)[C@H](OC)[C@@H](OC(=O)Nc1ccc(F)cc1F)c1ccc(OCCO[Si](CCC(F)(F)C(F)(F)C(F)(F)C(F)(F)C(F)(F)C(F)(F)C(F)(F)C(F)(F)F)(C(C)C)C(C)C)cc1. The first-order valence-electron chi connectivity index (χ1n) is 20.3. The van der Waals surface area contributed by atoms with Gasteiger partial charge in [-0.2, -0.15) is 74.6 Å². The standard InChI is InChI=1S/C42H46F19NO7Si/c1-8-66-31(63)11-9-10-25(6)32(65-7)33(69-34(64)62-30-17-14-27(43)22-29(30)44)26-12-15-28(16-13-26)67-19-20-68-70(23(2)3,24(4)5)21-18-35(45,46)36(47,48)37(49,50)38(51,52)39(53,54)40(55,56)41(57,58)42(59,60)61/h9-17,22-24,32-33H,8,18-21H2,1-7H3,(H,62,64)/b11-9+,25-10+/t32-,33-/m0/s1. The quantitative estimate of drug-likeness (QED) is 0.0264. The molecule has 2 rings (SSSR count). The summed E-state index contributed by atoms with van der Waals surface area (Å²) in [6, 6.07) is 6.11. The van der Waals surface area contributed by atoms with Gasteiger partial charge in [0.2, 0.25) is 0 Å². The first kappa shape index (κ1) is 61.4. The molecule has 0 bridgehead atoms. The van der Waals surface area contributed by atoms with Crippen LogP contribution in [0.5, 0.6) is 5.75 Å². The second kappa shape index (κ2) is 22.8. The maximum absolute atomic E-state index is 15.0. The number of ether oxygens (including phenoxy) is 4. The molecule has 0 radical (unpaired) electrons. The summed E-state index contributed by atoms with van der Waals surface area (Å²) in [5.74, 6) is -59.8. The van der Waals surface area contributed by atoms with E-state index in [2.05, 4.69) is 5.32 Å². The molecule has 0 aliphatic rings. The van der Waals surface area contributed by atoms with E-state index in [1.54, 1.807) is 6.92 Å². The Morgan fingerprint density at radius 2 is 1.23 bits per heavy atom. The molecule has 0 saturated carbocycles. The average molecular weight is 1070 g/mol. The molecule has 28 heteroatoms. The van der Waals surface area contributed by atoms with Crippen LogP contribution in [0.4, 0.5) is 93.9 Å². The van der Waals surface area contributed by atoms with Crippen LogP contribution in [0.2, 0.25) is 17.1 Å². The van der Waals surface area contributed by atoms with E-state index in [4.69, 9.17) is 23.4 Å². The van der Waals surface area contributed by atoms with Crippen molar-refractivity contribution in [3.63, 3.8) is 0 Å². The lowest BCUT2D eigenvalue weighted by atomic mass is 9.88. The van der Waals surface area contributed by atoms with E-state index < -0.39 is 134 Å². The van der Waals surface area contributed by atoms with Crippen LogP contribution < -0.4 is 10.1 Å². The summed E-state index contributed by atoms with van der Waals surface area (Å²) in [4.78, 5) is 24.8.